The molecule has 3 aromatic rings. The predicted octanol–water partition coefficient (Wildman–Crippen LogP) is 0.620. The van der Waals surface area contributed by atoms with Crippen LogP contribution in [0.3, 0.4) is 0 Å². The number of fused-ring (bicyclic) bond motifs is 2. The number of rotatable bonds is 0. The standard InChI is InChI=1S/C14H6O6/c15-11-7-3-1-4-8-10(14(18)20-12(8)16)6-2-5-9(7)13(17)19-11/h1-6H. The average Bonchev–Trinajstić information content (AvgIpc) is 2.82. The molecule has 1 aromatic carbocycles. The van der Waals surface area contributed by atoms with E-state index in [4.69, 9.17) is 0 Å². The van der Waals surface area contributed by atoms with Gasteiger partial charge in [-0.15, -0.1) is 0 Å². The van der Waals surface area contributed by atoms with Gasteiger partial charge in [0.2, 0.25) is 0 Å². The Kier molecular flexibility index (Phi) is 2.57. The van der Waals surface area contributed by atoms with Crippen LogP contribution in [0.2, 0.25) is 0 Å². The molecule has 98 valence electrons. The summed E-state index contributed by atoms with van der Waals surface area (Å²) in [7, 11) is 0. The minimum Gasteiger partial charge on any atom is -0.386 e. The predicted molar refractivity (Wildman–Crippen MR) is 71.1 cm³/mol. The zero-order valence-corrected chi connectivity index (χ0v) is 9.91. The lowest BCUT2D eigenvalue weighted by Gasteiger charge is -1.79. The Bertz CT molecular complexity index is 907. The Morgan fingerprint density at radius 2 is 0.750 bits per heavy atom. The van der Waals surface area contributed by atoms with Crippen molar-refractivity contribution in [3.63, 3.8) is 0 Å². The zero-order valence-electron chi connectivity index (χ0n) is 9.91. The molecule has 0 aliphatic carbocycles. The molecule has 0 saturated heterocycles. The highest BCUT2D eigenvalue weighted by molar-refractivity contribution is 5.82. The third-order valence-electron chi connectivity index (χ3n) is 2.88. The van der Waals surface area contributed by atoms with Crippen LogP contribution in [0.25, 0.3) is 21.5 Å². The maximum absolute atomic E-state index is 11.5. The monoisotopic (exact) mass is 270 g/mol. The van der Waals surface area contributed by atoms with Crippen LogP contribution in [-0.2, 0) is 0 Å². The highest BCUT2D eigenvalue weighted by Crippen LogP contribution is 2.05. The summed E-state index contributed by atoms with van der Waals surface area (Å²) in [4.78, 5) is 45.8. The van der Waals surface area contributed by atoms with E-state index in [1.54, 1.807) is 0 Å². The van der Waals surface area contributed by atoms with Gasteiger partial charge in [-0.1, -0.05) is 12.1 Å². The topological polar surface area (TPSA) is 94.6 Å². The molecule has 0 fully saturated rings. The molecule has 3 rings (SSSR count). The Balaban J connectivity index is 2.58. The van der Waals surface area contributed by atoms with E-state index in [2.05, 4.69) is 8.83 Å². The number of hydrogen-bond acceptors (Lipinski definition) is 6. The van der Waals surface area contributed by atoms with Crippen LogP contribution in [0.1, 0.15) is 0 Å². The molecule has 0 amide bonds. The molecule has 0 aliphatic heterocycles. The Hall–Kier alpha value is -3.02. The quantitative estimate of drug-likeness (QED) is 0.594. The first-order valence-corrected chi connectivity index (χ1v) is 5.62. The second kappa shape index (κ2) is 4.27. The van der Waals surface area contributed by atoms with Crippen LogP contribution >= 0.6 is 0 Å². The Morgan fingerprint density at radius 3 is 1.00 bits per heavy atom. The van der Waals surface area contributed by atoms with Gasteiger partial charge in [0.05, 0.1) is 21.5 Å². The van der Waals surface area contributed by atoms with Crippen LogP contribution in [0, 0.1) is 0 Å². The average molecular weight is 270 g/mol. The van der Waals surface area contributed by atoms with Gasteiger partial charge in [-0.25, -0.2) is 19.2 Å². The maximum atomic E-state index is 11.5. The summed E-state index contributed by atoms with van der Waals surface area (Å²) in [6.07, 6.45) is 0. The van der Waals surface area contributed by atoms with E-state index in [1.807, 2.05) is 0 Å². The molecular weight excluding hydrogens is 264 g/mol. The molecule has 0 N–H and O–H groups in total. The molecule has 2 aromatic heterocycles. The molecule has 6 heteroatoms. The van der Waals surface area contributed by atoms with Gasteiger partial charge in [-0.3, -0.25) is 0 Å². The third kappa shape index (κ3) is 1.74. The SMILES string of the molecule is O=c1oc(=O)c2cccc3c(=O)oc(=O)c3cccc12. The van der Waals surface area contributed by atoms with Crippen LogP contribution in [0.5, 0.6) is 0 Å². The minimum atomic E-state index is -0.751. The summed E-state index contributed by atoms with van der Waals surface area (Å²) in [5, 5.41) is 0.380. The smallest absolute Gasteiger partial charge is 0.346 e. The van der Waals surface area contributed by atoms with Crippen molar-refractivity contribution in [2.75, 3.05) is 0 Å². The molecule has 0 saturated carbocycles. The van der Waals surface area contributed by atoms with E-state index in [9.17, 15) is 19.2 Å². The van der Waals surface area contributed by atoms with Crippen molar-refractivity contribution >= 4 is 21.5 Å². The van der Waals surface area contributed by atoms with Crippen molar-refractivity contribution in [1.82, 2.24) is 0 Å². The molecule has 2 heterocycles. The van der Waals surface area contributed by atoms with Gasteiger partial charge >= 0.3 is 22.5 Å². The first kappa shape index (κ1) is 12.0. The van der Waals surface area contributed by atoms with E-state index in [-0.39, 0.29) is 21.5 Å². The number of hydrogen-bond donors (Lipinski definition) is 0. The lowest BCUT2D eigenvalue weighted by Crippen LogP contribution is -1.94. The second-order valence-electron chi connectivity index (χ2n) is 4.06. The van der Waals surface area contributed by atoms with Crippen molar-refractivity contribution < 1.29 is 8.83 Å². The van der Waals surface area contributed by atoms with Gasteiger partial charge in [0.1, 0.15) is 0 Å². The first-order valence-electron chi connectivity index (χ1n) is 5.62. The van der Waals surface area contributed by atoms with Gasteiger partial charge in [0.15, 0.2) is 0 Å². The van der Waals surface area contributed by atoms with E-state index in [1.165, 1.54) is 36.4 Å². The second-order valence-corrected chi connectivity index (χ2v) is 4.06. The Morgan fingerprint density at radius 1 is 0.500 bits per heavy atom. The highest BCUT2D eigenvalue weighted by atomic mass is 16.4. The molecule has 0 aliphatic rings. The molecule has 0 unspecified atom stereocenters. The van der Waals surface area contributed by atoms with Crippen LogP contribution in [0.15, 0.2) is 64.4 Å². The summed E-state index contributed by atoms with van der Waals surface area (Å²) in [6, 6.07) is 8.16. The summed E-state index contributed by atoms with van der Waals surface area (Å²) < 4.78 is 8.97. The third-order valence-corrected chi connectivity index (χ3v) is 2.88. The van der Waals surface area contributed by atoms with E-state index < -0.39 is 22.5 Å². The largest absolute Gasteiger partial charge is 0.386 e. The van der Waals surface area contributed by atoms with Gasteiger partial charge in [-0.05, 0) is 24.3 Å². The zero-order chi connectivity index (χ0) is 14.3. The van der Waals surface area contributed by atoms with Crippen molar-refractivity contribution in [3.8, 4) is 0 Å². The van der Waals surface area contributed by atoms with Crippen LogP contribution in [0.4, 0.5) is 0 Å². The molecule has 20 heavy (non-hydrogen) atoms. The van der Waals surface area contributed by atoms with Crippen molar-refractivity contribution in [2.45, 2.75) is 0 Å². The molecule has 0 bridgehead atoms. The highest BCUT2D eigenvalue weighted by Gasteiger charge is 2.07. The van der Waals surface area contributed by atoms with Gasteiger partial charge in [0.25, 0.3) is 0 Å². The van der Waals surface area contributed by atoms with Gasteiger partial charge in [-0.2, -0.15) is 0 Å². The van der Waals surface area contributed by atoms with Crippen molar-refractivity contribution in [3.05, 3.63) is 78.1 Å². The number of furan rings is 2. The fourth-order valence-corrected chi connectivity index (χ4v) is 1.94. The fraction of sp³-hybridized carbons (Fsp3) is 0. The van der Waals surface area contributed by atoms with Gasteiger partial charge < -0.3 is 8.83 Å². The normalized spacial score (nSPS) is 10.8. The van der Waals surface area contributed by atoms with E-state index in [0.717, 1.165) is 0 Å². The molecule has 0 atom stereocenters. The van der Waals surface area contributed by atoms with Gasteiger partial charge in [0, 0.05) is 0 Å². The van der Waals surface area contributed by atoms with Crippen LogP contribution in [-0.4, -0.2) is 0 Å². The lowest BCUT2D eigenvalue weighted by molar-refractivity contribution is 0.499. The minimum absolute atomic E-state index is 0.0950. The summed E-state index contributed by atoms with van der Waals surface area (Å²) in [5.74, 6) is 0. The Labute approximate surface area is 109 Å². The first-order chi connectivity index (χ1) is 9.58. The summed E-state index contributed by atoms with van der Waals surface area (Å²) in [6.45, 7) is 0. The summed E-state index contributed by atoms with van der Waals surface area (Å²) in [5.41, 5.74) is -3.00. The molecule has 0 radical (unpaired) electrons. The summed E-state index contributed by atoms with van der Waals surface area (Å²) >= 11 is 0. The van der Waals surface area contributed by atoms with E-state index in [0.29, 0.717) is 0 Å². The molecule has 0 spiro atoms. The van der Waals surface area contributed by atoms with Crippen molar-refractivity contribution in [2.24, 2.45) is 0 Å². The maximum Gasteiger partial charge on any atom is 0.346 e. The van der Waals surface area contributed by atoms with Crippen molar-refractivity contribution in [1.29, 1.82) is 0 Å². The molecular formula is C14H6O6. The lowest BCUT2D eigenvalue weighted by atomic mass is 10.2. The molecule has 6 nitrogen and oxygen atoms in total. The van der Waals surface area contributed by atoms with E-state index >= 15 is 0 Å². The van der Waals surface area contributed by atoms with Crippen LogP contribution < -0.4 is 22.5 Å². The fourth-order valence-electron chi connectivity index (χ4n) is 1.94.